The summed E-state index contributed by atoms with van der Waals surface area (Å²) < 4.78 is 5.35. The molecule has 3 aromatic rings. The highest BCUT2D eigenvalue weighted by Gasteiger charge is 2.44. The van der Waals surface area contributed by atoms with E-state index in [1.807, 2.05) is 89.8 Å². The van der Waals surface area contributed by atoms with Crippen LogP contribution < -0.4 is 4.74 Å². The molecule has 1 spiro atoms. The Bertz CT molecular complexity index is 1100. The molecule has 0 atom stereocenters. The number of amides is 1. The minimum atomic E-state index is -0.329. The fourth-order valence-corrected chi connectivity index (χ4v) is 4.83. The zero-order valence-electron chi connectivity index (χ0n) is 18.8. The van der Waals surface area contributed by atoms with Crippen LogP contribution in [0.2, 0.25) is 0 Å². The Morgan fingerprint density at radius 1 is 0.939 bits per heavy atom. The van der Waals surface area contributed by atoms with E-state index in [0.717, 1.165) is 47.4 Å². The lowest BCUT2D eigenvalue weighted by Crippen LogP contribution is -2.48. The van der Waals surface area contributed by atoms with Crippen molar-refractivity contribution in [3.05, 3.63) is 102 Å². The molecule has 2 heterocycles. The van der Waals surface area contributed by atoms with Crippen molar-refractivity contribution in [2.45, 2.75) is 30.8 Å². The lowest BCUT2D eigenvalue weighted by molar-refractivity contribution is -0.137. The number of nitrogens with zero attached hydrogens (tertiary/aromatic N) is 2. The van der Waals surface area contributed by atoms with E-state index in [1.54, 1.807) is 7.11 Å². The average Bonchev–Trinajstić information content (AvgIpc) is 3.29. The van der Waals surface area contributed by atoms with Gasteiger partial charge in [-0.2, -0.15) is 0 Å². The van der Waals surface area contributed by atoms with Gasteiger partial charge in [0.05, 0.1) is 18.7 Å². The van der Waals surface area contributed by atoms with Crippen molar-refractivity contribution >= 4 is 11.6 Å². The number of benzene rings is 3. The molecule has 0 N–H and O–H groups in total. The third kappa shape index (κ3) is 4.36. The molecule has 3 aromatic carbocycles. The molecule has 168 valence electrons. The van der Waals surface area contributed by atoms with E-state index in [2.05, 4.69) is 5.16 Å². The molecule has 5 nitrogen and oxygen atoms in total. The van der Waals surface area contributed by atoms with Crippen molar-refractivity contribution in [1.29, 1.82) is 0 Å². The first-order chi connectivity index (χ1) is 16.2. The van der Waals surface area contributed by atoms with Crippen LogP contribution in [0.1, 0.15) is 41.9 Å². The zero-order chi connectivity index (χ0) is 22.7. The second-order valence-corrected chi connectivity index (χ2v) is 8.80. The first-order valence-corrected chi connectivity index (χ1v) is 11.5. The normalized spacial score (nSPS) is 17.0. The number of carbonyl (C=O) groups is 1. The topological polar surface area (TPSA) is 51.1 Å². The summed E-state index contributed by atoms with van der Waals surface area (Å²) in [5.74, 6) is 0.660. The minimum Gasteiger partial charge on any atom is -0.497 e. The van der Waals surface area contributed by atoms with Crippen LogP contribution in [0, 0.1) is 0 Å². The maximum atomic E-state index is 13.7. The van der Waals surface area contributed by atoms with E-state index in [0.29, 0.717) is 13.1 Å². The highest BCUT2D eigenvalue weighted by molar-refractivity contribution is 6.02. The van der Waals surface area contributed by atoms with Crippen molar-refractivity contribution in [2.75, 3.05) is 20.2 Å². The number of rotatable bonds is 5. The summed E-state index contributed by atoms with van der Waals surface area (Å²) in [6.45, 7) is 1.33. The highest BCUT2D eigenvalue weighted by Crippen LogP contribution is 2.38. The first kappa shape index (κ1) is 21.3. The second kappa shape index (κ2) is 9.10. The summed E-state index contributed by atoms with van der Waals surface area (Å²) in [6.07, 6.45) is 2.29. The lowest BCUT2D eigenvalue weighted by Gasteiger charge is -2.38. The van der Waals surface area contributed by atoms with Gasteiger partial charge in [-0.05, 0) is 23.3 Å². The van der Waals surface area contributed by atoms with E-state index in [4.69, 9.17) is 9.57 Å². The summed E-state index contributed by atoms with van der Waals surface area (Å²) in [4.78, 5) is 21.7. The van der Waals surface area contributed by atoms with Gasteiger partial charge in [-0.25, -0.2) is 0 Å². The van der Waals surface area contributed by atoms with Gasteiger partial charge in [-0.1, -0.05) is 78.0 Å². The number of ether oxygens (including phenoxy) is 1. The largest absolute Gasteiger partial charge is 0.497 e. The van der Waals surface area contributed by atoms with Gasteiger partial charge in [0.15, 0.2) is 0 Å². The SMILES string of the molecule is COc1cccc(C2=NOC3(CCN(C(=O)C(c4ccccc4)c4ccccc4)CC3)C2)c1. The van der Waals surface area contributed by atoms with Crippen molar-refractivity contribution < 1.29 is 14.4 Å². The van der Waals surface area contributed by atoms with E-state index >= 15 is 0 Å². The Labute approximate surface area is 194 Å². The number of carbonyl (C=O) groups excluding carboxylic acids is 1. The number of piperidine rings is 1. The third-order valence-corrected chi connectivity index (χ3v) is 6.74. The first-order valence-electron chi connectivity index (χ1n) is 11.5. The molecule has 5 heteroatoms. The quantitative estimate of drug-likeness (QED) is 0.560. The van der Waals surface area contributed by atoms with Crippen LogP contribution in [0.5, 0.6) is 5.75 Å². The molecule has 0 radical (unpaired) electrons. The molecule has 0 bridgehead atoms. The second-order valence-electron chi connectivity index (χ2n) is 8.80. The third-order valence-electron chi connectivity index (χ3n) is 6.74. The molecule has 0 aliphatic carbocycles. The average molecular weight is 441 g/mol. The van der Waals surface area contributed by atoms with E-state index in [-0.39, 0.29) is 17.4 Å². The summed E-state index contributed by atoms with van der Waals surface area (Å²) in [7, 11) is 1.67. The summed E-state index contributed by atoms with van der Waals surface area (Å²) in [6, 6.07) is 28.0. The Morgan fingerprint density at radius 3 is 2.18 bits per heavy atom. The summed E-state index contributed by atoms with van der Waals surface area (Å²) in [5, 5.41) is 4.42. The van der Waals surface area contributed by atoms with Gasteiger partial charge in [-0.15, -0.1) is 0 Å². The molecule has 0 aromatic heterocycles. The lowest BCUT2D eigenvalue weighted by atomic mass is 9.84. The van der Waals surface area contributed by atoms with Crippen molar-refractivity contribution in [2.24, 2.45) is 5.16 Å². The number of hydrogen-bond acceptors (Lipinski definition) is 4. The smallest absolute Gasteiger partial charge is 0.234 e. The minimum absolute atomic E-state index is 0.147. The van der Waals surface area contributed by atoms with Crippen LogP contribution >= 0.6 is 0 Å². The van der Waals surface area contributed by atoms with Gasteiger partial charge in [0.25, 0.3) is 0 Å². The van der Waals surface area contributed by atoms with Gasteiger partial charge >= 0.3 is 0 Å². The predicted molar refractivity (Wildman–Crippen MR) is 129 cm³/mol. The predicted octanol–water partition coefficient (Wildman–Crippen LogP) is 5.01. The van der Waals surface area contributed by atoms with Gasteiger partial charge in [-0.3, -0.25) is 4.79 Å². The number of oxime groups is 1. The summed E-state index contributed by atoms with van der Waals surface area (Å²) >= 11 is 0. The van der Waals surface area contributed by atoms with Crippen LogP contribution in [0.3, 0.4) is 0 Å². The number of likely N-dealkylation sites (tertiary alicyclic amines) is 1. The Kier molecular flexibility index (Phi) is 5.86. The molecule has 0 unspecified atom stereocenters. The summed E-state index contributed by atoms with van der Waals surface area (Å²) in [5.41, 5.74) is 3.69. The van der Waals surface area contributed by atoms with Crippen LogP contribution in [0.15, 0.2) is 90.1 Å². The zero-order valence-corrected chi connectivity index (χ0v) is 18.8. The highest BCUT2D eigenvalue weighted by atomic mass is 16.7. The van der Waals surface area contributed by atoms with Gasteiger partial charge in [0.1, 0.15) is 11.4 Å². The van der Waals surface area contributed by atoms with Crippen LogP contribution in [-0.2, 0) is 9.63 Å². The molecule has 0 saturated carbocycles. The Balaban J connectivity index is 1.29. The standard InChI is InChI=1S/C28H28N2O3/c1-32-24-14-8-13-23(19-24)25-20-28(33-29-25)15-17-30(18-16-28)27(31)26(21-9-4-2-5-10-21)22-11-6-3-7-12-22/h2-14,19,26H,15-18,20H2,1H3. The monoisotopic (exact) mass is 440 g/mol. The molecule has 33 heavy (non-hydrogen) atoms. The molecule has 5 rings (SSSR count). The maximum Gasteiger partial charge on any atom is 0.234 e. The van der Waals surface area contributed by atoms with Gasteiger partial charge in [0, 0.05) is 37.9 Å². The number of hydrogen-bond donors (Lipinski definition) is 0. The molecular formula is C28H28N2O3. The molecule has 2 aliphatic heterocycles. The van der Waals surface area contributed by atoms with E-state index in [1.165, 1.54) is 0 Å². The van der Waals surface area contributed by atoms with E-state index < -0.39 is 0 Å². The Hall–Kier alpha value is -3.60. The van der Waals surface area contributed by atoms with E-state index in [9.17, 15) is 4.79 Å². The van der Waals surface area contributed by atoms with Crippen molar-refractivity contribution in [1.82, 2.24) is 4.90 Å². The maximum absolute atomic E-state index is 13.7. The van der Waals surface area contributed by atoms with Crippen molar-refractivity contribution in [3.8, 4) is 5.75 Å². The molecule has 1 saturated heterocycles. The Morgan fingerprint density at radius 2 is 1.58 bits per heavy atom. The van der Waals surface area contributed by atoms with Crippen LogP contribution in [-0.4, -0.2) is 42.3 Å². The van der Waals surface area contributed by atoms with Crippen molar-refractivity contribution in [3.63, 3.8) is 0 Å². The fourth-order valence-electron chi connectivity index (χ4n) is 4.83. The van der Waals surface area contributed by atoms with Crippen LogP contribution in [0.4, 0.5) is 0 Å². The van der Waals surface area contributed by atoms with Gasteiger partial charge in [0.2, 0.25) is 5.91 Å². The fraction of sp³-hybridized carbons (Fsp3) is 0.286. The van der Waals surface area contributed by atoms with Gasteiger partial charge < -0.3 is 14.5 Å². The molecular weight excluding hydrogens is 412 g/mol. The van der Waals surface area contributed by atoms with Crippen LogP contribution in [0.25, 0.3) is 0 Å². The molecule has 2 aliphatic rings. The number of methoxy groups -OCH3 is 1. The molecule has 1 fully saturated rings. The molecule has 1 amide bonds.